The Kier molecular flexibility index (Phi) is 3.80. The van der Waals surface area contributed by atoms with Crippen LogP contribution in [0.2, 0.25) is 0 Å². The molecule has 1 fully saturated rings. The van der Waals surface area contributed by atoms with Crippen LogP contribution in [0.3, 0.4) is 0 Å². The van der Waals surface area contributed by atoms with Crippen LogP contribution in [-0.2, 0) is 4.79 Å². The van der Waals surface area contributed by atoms with Crippen LogP contribution in [0.4, 0.5) is 0 Å². The van der Waals surface area contributed by atoms with E-state index in [0.29, 0.717) is 17.6 Å². The number of halogens is 1. The number of carbonyl (C=O) groups is 1. The van der Waals surface area contributed by atoms with Crippen molar-refractivity contribution in [1.29, 1.82) is 0 Å². The molecule has 6 heteroatoms. The predicted octanol–water partition coefficient (Wildman–Crippen LogP) is 3.12. The summed E-state index contributed by atoms with van der Waals surface area (Å²) in [5.74, 6) is 1.40. The van der Waals surface area contributed by atoms with Gasteiger partial charge in [0.25, 0.3) is 0 Å². The molecule has 3 atom stereocenters. The first-order valence-corrected chi connectivity index (χ1v) is 7.70. The second-order valence-electron chi connectivity index (χ2n) is 5.41. The van der Waals surface area contributed by atoms with Gasteiger partial charge in [-0.25, -0.2) is 0 Å². The third-order valence-corrected chi connectivity index (χ3v) is 4.17. The molecule has 5 nitrogen and oxygen atoms in total. The summed E-state index contributed by atoms with van der Waals surface area (Å²) in [5.41, 5.74) is 1.20. The second-order valence-corrected chi connectivity index (χ2v) is 6.33. The highest BCUT2D eigenvalue weighted by Crippen LogP contribution is 2.48. The van der Waals surface area contributed by atoms with Crippen LogP contribution >= 0.6 is 15.9 Å². The van der Waals surface area contributed by atoms with Crippen LogP contribution < -0.4 is 5.32 Å². The maximum absolute atomic E-state index is 12.3. The fourth-order valence-electron chi connectivity index (χ4n) is 2.46. The molecule has 3 rings (SSSR count). The third-order valence-electron chi connectivity index (χ3n) is 3.68. The van der Waals surface area contributed by atoms with Crippen LogP contribution in [0.25, 0.3) is 0 Å². The lowest BCUT2D eigenvalue weighted by Crippen LogP contribution is -2.28. The Balaban J connectivity index is 1.60. The summed E-state index contributed by atoms with van der Waals surface area (Å²) in [6, 6.07) is 7.86. The number of nitrogens with one attached hydrogen (secondary N) is 1. The maximum atomic E-state index is 12.3. The van der Waals surface area contributed by atoms with Crippen LogP contribution in [0, 0.1) is 12.8 Å². The summed E-state index contributed by atoms with van der Waals surface area (Å²) in [4.78, 5) is 16.4. The van der Waals surface area contributed by atoms with Crippen molar-refractivity contribution in [3.05, 3.63) is 46.0 Å². The minimum absolute atomic E-state index is 0.0331. The van der Waals surface area contributed by atoms with E-state index in [-0.39, 0.29) is 17.9 Å². The van der Waals surface area contributed by atoms with Crippen molar-refractivity contribution in [3.63, 3.8) is 0 Å². The molecule has 2 aromatic rings. The van der Waals surface area contributed by atoms with Gasteiger partial charge in [0.05, 0.1) is 0 Å². The zero-order valence-corrected chi connectivity index (χ0v) is 13.4. The Bertz CT molecular complexity index is 670. The number of aryl methyl sites for hydroxylation is 1. The van der Waals surface area contributed by atoms with Crippen LogP contribution in [0.15, 0.2) is 33.3 Å². The molecule has 1 amide bonds. The summed E-state index contributed by atoms with van der Waals surface area (Å²) >= 11 is 3.46. The average molecular weight is 350 g/mol. The van der Waals surface area contributed by atoms with Gasteiger partial charge in [-0.1, -0.05) is 33.2 Å². The highest BCUT2D eigenvalue weighted by molar-refractivity contribution is 9.10. The van der Waals surface area contributed by atoms with Gasteiger partial charge in [0.15, 0.2) is 5.82 Å². The summed E-state index contributed by atoms with van der Waals surface area (Å²) in [6.45, 7) is 3.60. The highest BCUT2D eigenvalue weighted by atomic mass is 79.9. The number of aromatic nitrogens is 2. The van der Waals surface area contributed by atoms with Crippen LogP contribution in [0.1, 0.15) is 42.6 Å². The van der Waals surface area contributed by atoms with Gasteiger partial charge in [-0.05, 0) is 43.9 Å². The number of hydrogen-bond acceptors (Lipinski definition) is 4. The van der Waals surface area contributed by atoms with E-state index < -0.39 is 0 Å². The average Bonchev–Trinajstić information content (AvgIpc) is 3.14. The number of rotatable bonds is 4. The van der Waals surface area contributed by atoms with Gasteiger partial charge in [0.2, 0.25) is 11.8 Å². The van der Waals surface area contributed by atoms with Crippen molar-refractivity contribution in [1.82, 2.24) is 15.5 Å². The molecule has 1 aromatic heterocycles. The topological polar surface area (TPSA) is 68.0 Å². The lowest BCUT2D eigenvalue weighted by atomic mass is 10.1. The predicted molar refractivity (Wildman–Crippen MR) is 80.6 cm³/mol. The number of amides is 1. The van der Waals surface area contributed by atoms with Gasteiger partial charge >= 0.3 is 0 Å². The SMILES string of the molecule is Cc1noc(C(C)NC(=O)C2CC2c2cccc(Br)c2)n1. The molecule has 110 valence electrons. The van der Waals surface area contributed by atoms with E-state index >= 15 is 0 Å². The first-order chi connectivity index (χ1) is 10.0. The van der Waals surface area contributed by atoms with Crippen molar-refractivity contribution in [2.24, 2.45) is 5.92 Å². The monoisotopic (exact) mass is 349 g/mol. The molecule has 0 spiro atoms. The molecule has 0 radical (unpaired) electrons. The molecule has 0 aliphatic heterocycles. The van der Waals surface area contributed by atoms with Crippen molar-refractivity contribution in [2.45, 2.75) is 32.2 Å². The van der Waals surface area contributed by atoms with Crippen molar-refractivity contribution in [3.8, 4) is 0 Å². The molecule has 1 aliphatic carbocycles. The van der Waals surface area contributed by atoms with E-state index in [0.717, 1.165) is 10.9 Å². The molecule has 1 aromatic carbocycles. The first kappa shape index (κ1) is 14.3. The number of carbonyl (C=O) groups excluding carboxylic acids is 1. The molecule has 1 aliphatic rings. The van der Waals surface area contributed by atoms with Gasteiger partial charge in [0.1, 0.15) is 6.04 Å². The fourth-order valence-corrected chi connectivity index (χ4v) is 2.88. The summed E-state index contributed by atoms with van der Waals surface area (Å²) in [5, 5.41) is 6.67. The standard InChI is InChI=1S/C15H16BrN3O2/c1-8(15-18-9(2)19-21-15)17-14(20)13-7-12(13)10-4-3-5-11(16)6-10/h3-6,8,12-13H,7H2,1-2H3,(H,17,20). The minimum Gasteiger partial charge on any atom is -0.344 e. The molecule has 3 unspecified atom stereocenters. The Morgan fingerprint density at radius 2 is 2.33 bits per heavy atom. The number of nitrogens with zero attached hydrogens (tertiary/aromatic N) is 2. The Labute approximate surface area is 131 Å². The summed E-state index contributed by atoms with van der Waals surface area (Å²) < 4.78 is 6.11. The van der Waals surface area contributed by atoms with E-state index in [1.54, 1.807) is 6.92 Å². The molecular weight excluding hydrogens is 334 g/mol. The smallest absolute Gasteiger partial charge is 0.248 e. The van der Waals surface area contributed by atoms with Gasteiger partial charge in [-0.3, -0.25) is 4.79 Å². The molecule has 21 heavy (non-hydrogen) atoms. The van der Waals surface area contributed by atoms with Gasteiger partial charge < -0.3 is 9.84 Å². The second kappa shape index (κ2) is 5.60. The van der Waals surface area contributed by atoms with E-state index in [9.17, 15) is 4.79 Å². The summed E-state index contributed by atoms with van der Waals surface area (Å²) in [7, 11) is 0. The lowest BCUT2D eigenvalue weighted by Gasteiger charge is -2.09. The molecule has 1 heterocycles. The maximum Gasteiger partial charge on any atom is 0.248 e. The first-order valence-electron chi connectivity index (χ1n) is 6.90. The largest absolute Gasteiger partial charge is 0.344 e. The van der Waals surface area contributed by atoms with Gasteiger partial charge in [-0.15, -0.1) is 0 Å². The Morgan fingerprint density at radius 1 is 1.52 bits per heavy atom. The Hall–Kier alpha value is -1.69. The molecule has 1 N–H and O–H groups in total. The zero-order chi connectivity index (χ0) is 15.0. The van der Waals surface area contributed by atoms with Crippen molar-refractivity contribution in [2.75, 3.05) is 0 Å². The van der Waals surface area contributed by atoms with E-state index in [1.807, 2.05) is 19.1 Å². The highest BCUT2D eigenvalue weighted by Gasteiger charge is 2.44. The number of benzene rings is 1. The van der Waals surface area contributed by atoms with E-state index in [4.69, 9.17) is 4.52 Å². The lowest BCUT2D eigenvalue weighted by molar-refractivity contribution is -0.123. The fraction of sp³-hybridized carbons (Fsp3) is 0.400. The zero-order valence-electron chi connectivity index (χ0n) is 11.8. The minimum atomic E-state index is -0.262. The van der Waals surface area contributed by atoms with Crippen molar-refractivity contribution >= 4 is 21.8 Å². The van der Waals surface area contributed by atoms with Crippen molar-refractivity contribution < 1.29 is 9.32 Å². The molecule has 0 saturated heterocycles. The van der Waals surface area contributed by atoms with Gasteiger partial charge in [0, 0.05) is 10.4 Å². The van der Waals surface area contributed by atoms with Crippen LogP contribution in [-0.4, -0.2) is 16.0 Å². The third kappa shape index (κ3) is 3.15. The quantitative estimate of drug-likeness (QED) is 0.920. The summed E-state index contributed by atoms with van der Waals surface area (Å²) in [6.07, 6.45) is 0.887. The molecule has 0 bridgehead atoms. The van der Waals surface area contributed by atoms with E-state index in [2.05, 4.69) is 43.5 Å². The molecule has 1 saturated carbocycles. The van der Waals surface area contributed by atoms with Gasteiger partial charge in [-0.2, -0.15) is 4.98 Å². The molecular formula is C15H16BrN3O2. The van der Waals surface area contributed by atoms with Crippen LogP contribution in [0.5, 0.6) is 0 Å². The normalized spacial score (nSPS) is 21.9. The Morgan fingerprint density at radius 3 is 3.00 bits per heavy atom. The number of hydrogen-bond donors (Lipinski definition) is 1. The van der Waals surface area contributed by atoms with E-state index in [1.165, 1.54) is 5.56 Å².